The van der Waals surface area contributed by atoms with Crippen molar-refractivity contribution in [2.24, 2.45) is 5.10 Å². The van der Waals surface area contributed by atoms with Crippen molar-refractivity contribution in [3.8, 4) is 0 Å². The molecule has 1 aromatic heterocycles. The maximum Gasteiger partial charge on any atom is 0.221 e. The fourth-order valence-electron chi connectivity index (χ4n) is 1.56. The number of fused-ring (bicyclic) bond motifs is 1. The smallest absolute Gasteiger partial charge is 0.221 e. The summed E-state index contributed by atoms with van der Waals surface area (Å²) in [6.45, 7) is 5.36. The van der Waals surface area contributed by atoms with E-state index in [-0.39, 0.29) is 5.91 Å². The van der Waals surface area contributed by atoms with Gasteiger partial charge in [0.05, 0.1) is 20.4 Å². The Bertz CT molecular complexity index is 727. The first-order valence-corrected chi connectivity index (χ1v) is 7.85. The van der Waals surface area contributed by atoms with Gasteiger partial charge in [-0.1, -0.05) is 41.5 Å². The Balaban J connectivity index is 2.44. The molecule has 0 unspecified atom stereocenters. The summed E-state index contributed by atoms with van der Waals surface area (Å²) in [4.78, 5) is 15.5. The van der Waals surface area contributed by atoms with Gasteiger partial charge in [0.25, 0.3) is 0 Å². The molecule has 0 fully saturated rings. The zero-order valence-electron chi connectivity index (χ0n) is 11.8. The summed E-state index contributed by atoms with van der Waals surface area (Å²) in [6.07, 6.45) is 0.853. The van der Waals surface area contributed by atoms with Crippen molar-refractivity contribution in [1.29, 1.82) is 0 Å². The molecule has 0 bridgehead atoms. The van der Waals surface area contributed by atoms with Crippen LogP contribution in [0, 0.1) is 0 Å². The third-order valence-corrected chi connectivity index (χ3v) is 4.50. The van der Waals surface area contributed by atoms with E-state index < -0.39 is 0 Å². The molecule has 0 radical (unpaired) electrons. The molecule has 5 nitrogen and oxygen atoms in total. The number of carbonyl (C=O) groups excluding carboxylic acids is 1. The van der Waals surface area contributed by atoms with E-state index in [9.17, 15) is 4.79 Å². The summed E-state index contributed by atoms with van der Waals surface area (Å²) >= 11 is 13.8. The van der Waals surface area contributed by atoms with Gasteiger partial charge in [0.15, 0.2) is 0 Å². The van der Waals surface area contributed by atoms with Crippen molar-refractivity contribution in [2.75, 3.05) is 10.7 Å². The second-order valence-electron chi connectivity index (χ2n) is 4.41. The average Bonchev–Trinajstić information content (AvgIpc) is 2.86. The lowest BCUT2D eigenvalue weighted by atomic mass is 10.3. The van der Waals surface area contributed by atoms with Crippen LogP contribution in [0.5, 0.6) is 0 Å². The summed E-state index contributed by atoms with van der Waals surface area (Å²) in [5.41, 5.74) is 4.92. The summed E-state index contributed by atoms with van der Waals surface area (Å²) in [6, 6.07) is 1.59. The van der Waals surface area contributed by atoms with Gasteiger partial charge in [-0.2, -0.15) is 5.10 Å². The van der Waals surface area contributed by atoms with Gasteiger partial charge in [-0.05, 0) is 19.4 Å². The predicted molar refractivity (Wildman–Crippen MR) is 91.0 cm³/mol. The van der Waals surface area contributed by atoms with Crippen molar-refractivity contribution in [1.82, 2.24) is 4.98 Å². The lowest BCUT2D eigenvalue weighted by molar-refractivity contribution is -0.114. The molecule has 0 atom stereocenters. The van der Waals surface area contributed by atoms with Crippen LogP contribution in [-0.2, 0) is 4.79 Å². The number of hydrazone groups is 1. The van der Waals surface area contributed by atoms with Crippen LogP contribution < -0.4 is 10.7 Å². The Morgan fingerprint density at radius 1 is 1.43 bits per heavy atom. The minimum atomic E-state index is -0.210. The van der Waals surface area contributed by atoms with E-state index in [2.05, 4.69) is 20.8 Å². The summed E-state index contributed by atoms with van der Waals surface area (Å²) in [5, 5.41) is 8.30. The zero-order valence-corrected chi connectivity index (χ0v) is 14.1. The van der Waals surface area contributed by atoms with E-state index in [0.717, 1.165) is 12.1 Å². The summed E-state index contributed by atoms with van der Waals surface area (Å²) < 4.78 is 0.708. The van der Waals surface area contributed by atoms with Gasteiger partial charge in [0, 0.05) is 12.6 Å². The number of benzene rings is 1. The van der Waals surface area contributed by atoms with Gasteiger partial charge in [-0.3, -0.25) is 10.2 Å². The highest BCUT2D eigenvalue weighted by molar-refractivity contribution is 7.23. The zero-order chi connectivity index (χ0) is 15.6. The van der Waals surface area contributed by atoms with E-state index in [4.69, 9.17) is 23.2 Å². The second-order valence-corrected chi connectivity index (χ2v) is 6.19. The number of amides is 1. The molecule has 0 aliphatic rings. The molecule has 2 rings (SSSR count). The van der Waals surface area contributed by atoms with Gasteiger partial charge in [-0.25, -0.2) is 4.98 Å². The first-order chi connectivity index (χ1) is 9.92. The van der Waals surface area contributed by atoms with Crippen LogP contribution in [0.3, 0.4) is 0 Å². The van der Waals surface area contributed by atoms with Crippen LogP contribution in [0.25, 0.3) is 10.2 Å². The first kappa shape index (κ1) is 16.0. The van der Waals surface area contributed by atoms with E-state index in [1.165, 1.54) is 18.3 Å². The van der Waals surface area contributed by atoms with Crippen LogP contribution in [0.4, 0.5) is 10.8 Å². The largest absolute Gasteiger partial charge is 0.325 e. The molecule has 0 aliphatic carbocycles. The van der Waals surface area contributed by atoms with Gasteiger partial charge < -0.3 is 5.32 Å². The van der Waals surface area contributed by atoms with Gasteiger partial charge >= 0.3 is 0 Å². The molecule has 1 aromatic carbocycles. The quantitative estimate of drug-likeness (QED) is 0.620. The lowest BCUT2D eigenvalue weighted by Gasteiger charge is -2.06. The number of hydrogen-bond donors (Lipinski definition) is 2. The standard InChI is InChI=1S/C13H14Cl2N4OS/c1-4-6(2)18-19-13-17-11-8(14)5-9(16-7(3)20)10(15)12(11)21-13/h5H,4H2,1-3H3,(H,16,20)(H,17,19)/b18-6-. The monoisotopic (exact) mass is 344 g/mol. The summed E-state index contributed by atoms with van der Waals surface area (Å²) in [5.74, 6) is -0.210. The van der Waals surface area contributed by atoms with Crippen molar-refractivity contribution in [3.63, 3.8) is 0 Å². The first-order valence-electron chi connectivity index (χ1n) is 6.27. The van der Waals surface area contributed by atoms with Crippen molar-refractivity contribution >= 4 is 67.2 Å². The molecule has 1 amide bonds. The number of nitrogens with one attached hydrogen (secondary N) is 2. The number of carbonyl (C=O) groups is 1. The van der Waals surface area contributed by atoms with Crippen LogP contribution in [-0.4, -0.2) is 16.6 Å². The van der Waals surface area contributed by atoms with Crippen LogP contribution in [0.2, 0.25) is 10.0 Å². The molecular formula is C13H14Cl2N4OS. The molecule has 21 heavy (non-hydrogen) atoms. The van der Waals surface area contributed by atoms with Gasteiger partial charge in [0.1, 0.15) is 5.52 Å². The molecule has 2 N–H and O–H groups in total. The Labute approximate surface area is 136 Å². The molecule has 0 saturated heterocycles. The molecular weight excluding hydrogens is 331 g/mol. The molecule has 112 valence electrons. The normalized spacial score (nSPS) is 11.8. The van der Waals surface area contributed by atoms with Crippen LogP contribution >= 0.6 is 34.5 Å². The highest BCUT2D eigenvalue weighted by atomic mass is 35.5. The Kier molecular flexibility index (Phi) is 5.03. The highest BCUT2D eigenvalue weighted by Crippen LogP contribution is 2.40. The second kappa shape index (κ2) is 6.60. The number of rotatable bonds is 4. The predicted octanol–water partition coefficient (Wildman–Crippen LogP) is 4.76. The number of hydrogen-bond acceptors (Lipinski definition) is 5. The maximum absolute atomic E-state index is 11.2. The lowest BCUT2D eigenvalue weighted by Crippen LogP contribution is -2.06. The fraction of sp³-hybridized carbons (Fsp3) is 0.308. The van der Waals surface area contributed by atoms with E-state index in [1.54, 1.807) is 6.07 Å². The average molecular weight is 345 g/mol. The SMILES string of the molecule is CC/C(C)=N\Nc1nc2c(Cl)cc(NC(C)=O)c(Cl)c2s1. The van der Waals surface area contributed by atoms with E-state index in [0.29, 0.717) is 31.1 Å². The molecule has 2 aromatic rings. The number of anilines is 2. The number of thiazole rings is 1. The highest BCUT2D eigenvalue weighted by Gasteiger charge is 2.15. The summed E-state index contributed by atoms with van der Waals surface area (Å²) in [7, 11) is 0. The number of aromatic nitrogens is 1. The minimum absolute atomic E-state index is 0.210. The maximum atomic E-state index is 11.2. The minimum Gasteiger partial charge on any atom is -0.325 e. The van der Waals surface area contributed by atoms with Crippen molar-refractivity contribution in [3.05, 3.63) is 16.1 Å². The molecule has 1 heterocycles. The van der Waals surface area contributed by atoms with Crippen LogP contribution in [0.15, 0.2) is 11.2 Å². The molecule has 8 heteroatoms. The van der Waals surface area contributed by atoms with Crippen LogP contribution in [0.1, 0.15) is 27.2 Å². The third-order valence-electron chi connectivity index (χ3n) is 2.73. The van der Waals surface area contributed by atoms with Gasteiger partial charge in [0.2, 0.25) is 11.0 Å². The van der Waals surface area contributed by atoms with Crippen molar-refractivity contribution < 1.29 is 4.79 Å². The van der Waals surface area contributed by atoms with E-state index in [1.807, 2.05) is 13.8 Å². The topological polar surface area (TPSA) is 66.4 Å². The van der Waals surface area contributed by atoms with Gasteiger partial charge in [-0.15, -0.1) is 0 Å². The Hall–Kier alpha value is -1.37. The van der Waals surface area contributed by atoms with Crippen molar-refractivity contribution in [2.45, 2.75) is 27.2 Å². The fourth-order valence-corrected chi connectivity index (χ4v) is 3.04. The molecule has 0 saturated carbocycles. The molecule has 0 spiro atoms. The number of halogens is 2. The number of nitrogens with zero attached hydrogens (tertiary/aromatic N) is 2. The third kappa shape index (κ3) is 3.64. The Morgan fingerprint density at radius 3 is 2.76 bits per heavy atom. The molecule has 0 aliphatic heterocycles. The Morgan fingerprint density at radius 2 is 2.14 bits per heavy atom. The van der Waals surface area contributed by atoms with E-state index >= 15 is 0 Å².